The predicted molar refractivity (Wildman–Crippen MR) is 72.9 cm³/mol. The molecule has 2 rings (SSSR count). The second-order valence-corrected chi connectivity index (χ2v) is 5.02. The summed E-state index contributed by atoms with van der Waals surface area (Å²) in [6.07, 6.45) is 1.82. The number of piperazine rings is 1. The zero-order chi connectivity index (χ0) is 13.1. The lowest BCUT2D eigenvalue weighted by molar-refractivity contribution is 0.418. The zero-order valence-corrected chi connectivity index (χ0v) is 11.8. The van der Waals surface area contributed by atoms with E-state index in [0.29, 0.717) is 12.1 Å². The Labute approximate surface area is 109 Å². The Balaban J connectivity index is 2.26. The van der Waals surface area contributed by atoms with Crippen molar-refractivity contribution in [3.05, 3.63) is 11.4 Å². The Hall–Kier alpha value is -1.23. The summed E-state index contributed by atoms with van der Waals surface area (Å²) in [5.41, 5.74) is 2.11. The second-order valence-electron chi connectivity index (χ2n) is 5.02. The van der Waals surface area contributed by atoms with Gasteiger partial charge in [-0.15, -0.1) is 5.10 Å². The first-order valence-electron chi connectivity index (χ1n) is 6.88. The normalized spacial score (nSPS) is 24.3. The molecular weight excluding hydrogens is 226 g/mol. The van der Waals surface area contributed by atoms with Crippen LogP contribution >= 0.6 is 0 Å². The molecule has 18 heavy (non-hydrogen) atoms. The van der Waals surface area contributed by atoms with Crippen LogP contribution in [0.2, 0.25) is 0 Å². The SMILES string of the molecule is CCc1nnc(N2CC(C)NCC2C)nc1CC. The van der Waals surface area contributed by atoms with E-state index in [4.69, 9.17) is 4.98 Å². The van der Waals surface area contributed by atoms with E-state index in [1.54, 1.807) is 0 Å². The molecule has 5 heteroatoms. The first-order chi connectivity index (χ1) is 8.65. The van der Waals surface area contributed by atoms with Crippen LogP contribution in [-0.2, 0) is 12.8 Å². The number of hydrogen-bond donors (Lipinski definition) is 1. The smallest absolute Gasteiger partial charge is 0.245 e. The summed E-state index contributed by atoms with van der Waals surface area (Å²) in [6.45, 7) is 10.5. The van der Waals surface area contributed by atoms with Crippen LogP contribution in [0.5, 0.6) is 0 Å². The van der Waals surface area contributed by atoms with Crippen LogP contribution in [-0.4, -0.2) is 40.4 Å². The Morgan fingerprint density at radius 3 is 2.56 bits per heavy atom. The van der Waals surface area contributed by atoms with Gasteiger partial charge >= 0.3 is 0 Å². The van der Waals surface area contributed by atoms with Crippen molar-refractivity contribution in [2.75, 3.05) is 18.0 Å². The van der Waals surface area contributed by atoms with Gasteiger partial charge in [0.1, 0.15) is 0 Å². The molecular formula is C13H23N5. The minimum atomic E-state index is 0.417. The molecule has 2 heterocycles. The van der Waals surface area contributed by atoms with Crippen LogP contribution in [0.4, 0.5) is 5.95 Å². The molecule has 1 aliphatic rings. The van der Waals surface area contributed by atoms with Crippen molar-refractivity contribution in [2.45, 2.75) is 52.6 Å². The summed E-state index contributed by atoms with van der Waals surface area (Å²) >= 11 is 0. The molecule has 2 atom stereocenters. The topological polar surface area (TPSA) is 53.9 Å². The van der Waals surface area contributed by atoms with Crippen LogP contribution in [0.1, 0.15) is 39.1 Å². The number of aromatic nitrogens is 3. The quantitative estimate of drug-likeness (QED) is 0.872. The lowest BCUT2D eigenvalue weighted by Gasteiger charge is -2.37. The highest BCUT2D eigenvalue weighted by atomic mass is 15.4. The van der Waals surface area contributed by atoms with Crippen LogP contribution in [0.25, 0.3) is 0 Å². The highest BCUT2D eigenvalue weighted by molar-refractivity contribution is 5.33. The molecule has 1 aromatic heterocycles. The first kappa shape index (κ1) is 13.2. The minimum absolute atomic E-state index is 0.417. The molecule has 2 unspecified atom stereocenters. The van der Waals surface area contributed by atoms with Crippen molar-refractivity contribution in [2.24, 2.45) is 0 Å². The maximum Gasteiger partial charge on any atom is 0.245 e. The summed E-state index contributed by atoms with van der Waals surface area (Å²) in [5.74, 6) is 0.782. The zero-order valence-electron chi connectivity index (χ0n) is 11.8. The molecule has 0 saturated carbocycles. The Kier molecular flexibility index (Phi) is 4.11. The monoisotopic (exact) mass is 249 g/mol. The van der Waals surface area contributed by atoms with Gasteiger partial charge in [0, 0.05) is 25.2 Å². The molecule has 0 radical (unpaired) electrons. The van der Waals surface area contributed by atoms with Crippen molar-refractivity contribution < 1.29 is 0 Å². The maximum atomic E-state index is 4.70. The minimum Gasteiger partial charge on any atom is -0.334 e. The molecule has 0 spiro atoms. The summed E-state index contributed by atoms with van der Waals surface area (Å²) < 4.78 is 0. The number of rotatable bonds is 3. The number of anilines is 1. The van der Waals surface area contributed by atoms with Gasteiger partial charge < -0.3 is 10.2 Å². The van der Waals surface area contributed by atoms with Crippen LogP contribution < -0.4 is 10.2 Å². The van der Waals surface area contributed by atoms with E-state index in [1.807, 2.05) is 0 Å². The second kappa shape index (κ2) is 5.61. The molecule has 0 bridgehead atoms. The standard InChI is InChI=1S/C13H23N5/c1-5-11-12(6-2)16-17-13(15-11)18-8-9(3)14-7-10(18)4/h9-10,14H,5-8H2,1-4H3. The number of nitrogens with one attached hydrogen (secondary N) is 1. The molecule has 1 fully saturated rings. The van der Waals surface area contributed by atoms with E-state index in [-0.39, 0.29) is 0 Å². The lowest BCUT2D eigenvalue weighted by atomic mass is 10.1. The Morgan fingerprint density at radius 2 is 1.89 bits per heavy atom. The molecule has 1 N–H and O–H groups in total. The fourth-order valence-electron chi connectivity index (χ4n) is 2.35. The van der Waals surface area contributed by atoms with E-state index in [0.717, 1.165) is 43.3 Å². The average Bonchev–Trinajstić information content (AvgIpc) is 2.40. The van der Waals surface area contributed by atoms with E-state index in [2.05, 4.69) is 48.1 Å². The third-order valence-corrected chi connectivity index (χ3v) is 3.52. The van der Waals surface area contributed by atoms with Gasteiger partial charge in [0.05, 0.1) is 11.4 Å². The van der Waals surface area contributed by atoms with Crippen molar-refractivity contribution in [3.63, 3.8) is 0 Å². The molecule has 100 valence electrons. The molecule has 1 aliphatic heterocycles. The highest BCUT2D eigenvalue weighted by Gasteiger charge is 2.25. The highest BCUT2D eigenvalue weighted by Crippen LogP contribution is 2.16. The van der Waals surface area contributed by atoms with Gasteiger partial charge in [-0.05, 0) is 26.7 Å². The average molecular weight is 249 g/mol. The van der Waals surface area contributed by atoms with E-state index in [1.165, 1.54) is 0 Å². The molecule has 1 aromatic rings. The van der Waals surface area contributed by atoms with Gasteiger partial charge in [0.25, 0.3) is 0 Å². The molecule has 1 saturated heterocycles. The molecule has 5 nitrogen and oxygen atoms in total. The van der Waals surface area contributed by atoms with Gasteiger partial charge in [-0.3, -0.25) is 0 Å². The Bertz CT molecular complexity index is 406. The van der Waals surface area contributed by atoms with Crippen LogP contribution in [0.15, 0.2) is 0 Å². The summed E-state index contributed by atoms with van der Waals surface area (Å²) in [4.78, 5) is 6.95. The first-order valence-corrected chi connectivity index (χ1v) is 6.88. The van der Waals surface area contributed by atoms with Gasteiger partial charge in [0.15, 0.2) is 0 Å². The Morgan fingerprint density at radius 1 is 1.17 bits per heavy atom. The van der Waals surface area contributed by atoms with Gasteiger partial charge in [-0.1, -0.05) is 13.8 Å². The number of hydrogen-bond acceptors (Lipinski definition) is 5. The maximum absolute atomic E-state index is 4.70. The van der Waals surface area contributed by atoms with Gasteiger partial charge in [-0.2, -0.15) is 5.10 Å². The number of nitrogens with zero attached hydrogens (tertiary/aromatic N) is 4. The van der Waals surface area contributed by atoms with Crippen LogP contribution in [0.3, 0.4) is 0 Å². The summed E-state index contributed by atoms with van der Waals surface area (Å²) in [5, 5.41) is 12.1. The lowest BCUT2D eigenvalue weighted by Crippen LogP contribution is -2.55. The van der Waals surface area contributed by atoms with E-state index in [9.17, 15) is 0 Å². The molecule has 0 aliphatic carbocycles. The van der Waals surface area contributed by atoms with Crippen molar-refractivity contribution in [1.82, 2.24) is 20.5 Å². The number of aryl methyl sites for hydroxylation is 2. The fraction of sp³-hybridized carbons (Fsp3) is 0.769. The van der Waals surface area contributed by atoms with Gasteiger partial charge in [0.2, 0.25) is 5.95 Å². The summed E-state index contributed by atoms with van der Waals surface area (Å²) in [6, 6.07) is 0.890. The van der Waals surface area contributed by atoms with Crippen molar-refractivity contribution >= 4 is 5.95 Å². The molecule has 0 aromatic carbocycles. The largest absolute Gasteiger partial charge is 0.334 e. The summed E-state index contributed by atoms with van der Waals surface area (Å²) in [7, 11) is 0. The van der Waals surface area contributed by atoms with Gasteiger partial charge in [-0.25, -0.2) is 4.98 Å². The predicted octanol–water partition coefficient (Wildman–Crippen LogP) is 1.18. The van der Waals surface area contributed by atoms with Crippen LogP contribution in [0, 0.1) is 0 Å². The van der Waals surface area contributed by atoms with E-state index < -0.39 is 0 Å². The molecule has 0 amide bonds. The van der Waals surface area contributed by atoms with Crippen molar-refractivity contribution in [1.29, 1.82) is 0 Å². The van der Waals surface area contributed by atoms with E-state index >= 15 is 0 Å². The third kappa shape index (κ3) is 2.61. The third-order valence-electron chi connectivity index (χ3n) is 3.52. The fourth-order valence-corrected chi connectivity index (χ4v) is 2.35. The van der Waals surface area contributed by atoms with Crippen molar-refractivity contribution in [3.8, 4) is 0 Å².